The van der Waals surface area contributed by atoms with Gasteiger partial charge in [-0.15, -0.1) is 11.8 Å². The molecular weight excluding hydrogens is 286 g/mol. The Morgan fingerprint density at radius 3 is 2.30 bits per heavy atom. The van der Waals surface area contributed by atoms with Crippen LogP contribution >= 0.6 is 23.5 Å². The number of rotatable bonds is 9. The van der Waals surface area contributed by atoms with Gasteiger partial charge < -0.3 is 4.90 Å². The van der Waals surface area contributed by atoms with Gasteiger partial charge in [0.25, 0.3) is 5.24 Å². The van der Waals surface area contributed by atoms with Crippen molar-refractivity contribution in [3.8, 4) is 0 Å². The highest BCUT2D eigenvalue weighted by molar-refractivity contribution is 8.13. The Hall–Kier alpha value is -0.610. The van der Waals surface area contributed by atoms with Crippen molar-refractivity contribution >= 4 is 28.8 Å². The predicted molar refractivity (Wildman–Crippen MR) is 91.8 cm³/mol. The second-order valence-corrected chi connectivity index (χ2v) is 6.83. The van der Waals surface area contributed by atoms with E-state index in [4.69, 9.17) is 0 Å². The highest BCUT2D eigenvalue weighted by atomic mass is 32.2. The van der Waals surface area contributed by atoms with E-state index in [2.05, 4.69) is 38.1 Å². The Balaban J connectivity index is 2.14. The first kappa shape index (κ1) is 17.4. The minimum atomic E-state index is 0.249. The molecule has 0 N–H and O–H groups in total. The topological polar surface area (TPSA) is 20.3 Å². The molecule has 1 rings (SSSR count). The van der Waals surface area contributed by atoms with Crippen LogP contribution in [0, 0.1) is 0 Å². The lowest BCUT2D eigenvalue weighted by molar-refractivity contribution is 0.223. The molecule has 0 heterocycles. The van der Waals surface area contributed by atoms with Crippen LogP contribution in [0.4, 0.5) is 4.79 Å². The fourth-order valence-electron chi connectivity index (χ4n) is 1.85. The van der Waals surface area contributed by atoms with Gasteiger partial charge in [0.2, 0.25) is 0 Å². The van der Waals surface area contributed by atoms with Crippen molar-refractivity contribution in [2.75, 3.05) is 24.6 Å². The number of thioether (sulfide) groups is 2. The van der Waals surface area contributed by atoms with E-state index in [-0.39, 0.29) is 5.24 Å². The molecule has 0 fully saturated rings. The number of carbonyl (C=O) groups excluding carboxylic acids is 1. The Kier molecular flexibility index (Phi) is 9.67. The van der Waals surface area contributed by atoms with Crippen molar-refractivity contribution in [3.05, 3.63) is 30.3 Å². The second kappa shape index (κ2) is 11.1. The summed E-state index contributed by atoms with van der Waals surface area (Å²) in [4.78, 5) is 15.3. The van der Waals surface area contributed by atoms with Gasteiger partial charge >= 0.3 is 0 Å². The lowest BCUT2D eigenvalue weighted by Gasteiger charge is -2.20. The fraction of sp³-hybridized carbons (Fsp3) is 0.562. The maximum atomic E-state index is 12.0. The summed E-state index contributed by atoms with van der Waals surface area (Å²) in [5.41, 5.74) is 0. The Bertz CT molecular complexity index is 364. The molecule has 112 valence electrons. The lowest BCUT2D eigenvalue weighted by atomic mass is 10.4. The average Bonchev–Trinajstić information content (AvgIpc) is 2.47. The molecule has 0 saturated heterocycles. The molecule has 1 aromatic carbocycles. The largest absolute Gasteiger partial charge is 0.334 e. The van der Waals surface area contributed by atoms with Gasteiger partial charge in [-0.1, -0.05) is 43.8 Å². The van der Waals surface area contributed by atoms with E-state index >= 15 is 0 Å². The van der Waals surface area contributed by atoms with E-state index in [1.54, 1.807) is 0 Å². The van der Waals surface area contributed by atoms with Crippen LogP contribution in [0.5, 0.6) is 0 Å². The molecule has 0 bridgehead atoms. The summed E-state index contributed by atoms with van der Waals surface area (Å²) >= 11 is 3.34. The van der Waals surface area contributed by atoms with Crippen molar-refractivity contribution in [2.45, 2.75) is 38.0 Å². The average molecular weight is 312 g/mol. The first-order chi connectivity index (χ1) is 9.77. The van der Waals surface area contributed by atoms with Gasteiger partial charge in [0.15, 0.2) is 0 Å². The normalized spacial score (nSPS) is 10.5. The van der Waals surface area contributed by atoms with E-state index < -0.39 is 0 Å². The molecule has 4 heteroatoms. The number of benzene rings is 1. The molecular formula is C16H25NOS2. The maximum Gasteiger partial charge on any atom is 0.281 e. The van der Waals surface area contributed by atoms with Crippen LogP contribution in [0.25, 0.3) is 0 Å². The second-order valence-electron chi connectivity index (χ2n) is 4.62. The minimum Gasteiger partial charge on any atom is -0.334 e. The van der Waals surface area contributed by atoms with Crippen LogP contribution in [0.2, 0.25) is 0 Å². The standard InChI is InChI=1S/C16H25NOS2/c1-3-11-17(12-4-2)16(18)20-14-8-13-19-15-9-6-5-7-10-15/h5-7,9-10H,3-4,8,11-14H2,1-2H3. The highest BCUT2D eigenvalue weighted by Gasteiger charge is 2.11. The zero-order valence-corrected chi connectivity index (χ0v) is 14.1. The summed E-state index contributed by atoms with van der Waals surface area (Å²) in [6, 6.07) is 10.4. The van der Waals surface area contributed by atoms with Gasteiger partial charge in [-0.25, -0.2) is 0 Å². The molecule has 0 aliphatic carbocycles. The third kappa shape index (κ3) is 7.25. The van der Waals surface area contributed by atoms with Crippen LogP contribution in [-0.2, 0) is 0 Å². The van der Waals surface area contributed by atoms with Crippen LogP contribution in [0.15, 0.2) is 35.2 Å². The van der Waals surface area contributed by atoms with Crippen LogP contribution in [0.1, 0.15) is 33.1 Å². The Morgan fingerprint density at radius 1 is 1.05 bits per heavy atom. The summed E-state index contributed by atoms with van der Waals surface area (Å²) < 4.78 is 0. The molecule has 0 spiro atoms. The minimum absolute atomic E-state index is 0.249. The van der Waals surface area contributed by atoms with Crippen molar-refractivity contribution in [1.29, 1.82) is 0 Å². The van der Waals surface area contributed by atoms with Crippen LogP contribution < -0.4 is 0 Å². The molecule has 2 nitrogen and oxygen atoms in total. The van der Waals surface area contributed by atoms with E-state index in [9.17, 15) is 4.79 Å². The summed E-state index contributed by atoms with van der Waals surface area (Å²) in [6.07, 6.45) is 3.15. The molecule has 0 aliphatic rings. The lowest BCUT2D eigenvalue weighted by Crippen LogP contribution is -2.29. The fourth-order valence-corrected chi connectivity index (χ4v) is 3.74. The zero-order valence-electron chi connectivity index (χ0n) is 12.5. The van der Waals surface area contributed by atoms with Crippen molar-refractivity contribution in [1.82, 2.24) is 4.90 Å². The van der Waals surface area contributed by atoms with E-state index in [1.165, 1.54) is 16.7 Å². The first-order valence-corrected chi connectivity index (χ1v) is 9.34. The van der Waals surface area contributed by atoms with Gasteiger partial charge in [-0.3, -0.25) is 4.79 Å². The van der Waals surface area contributed by atoms with Crippen molar-refractivity contribution < 1.29 is 4.79 Å². The Morgan fingerprint density at radius 2 is 1.70 bits per heavy atom. The van der Waals surface area contributed by atoms with E-state index in [1.807, 2.05) is 22.7 Å². The third-order valence-electron chi connectivity index (χ3n) is 2.77. The first-order valence-electron chi connectivity index (χ1n) is 7.37. The van der Waals surface area contributed by atoms with Crippen molar-refractivity contribution in [2.24, 2.45) is 0 Å². The molecule has 0 aliphatic heterocycles. The summed E-state index contributed by atoms with van der Waals surface area (Å²) in [5, 5.41) is 0.249. The molecule has 0 aromatic heterocycles. The highest BCUT2D eigenvalue weighted by Crippen LogP contribution is 2.19. The quantitative estimate of drug-likeness (QED) is 0.465. The summed E-state index contributed by atoms with van der Waals surface area (Å²) in [5.74, 6) is 1.99. The molecule has 0 saturated carbocycles. The Labute approximate surface area is 131 Å². The van der Waals surface area contributed by atoms with Gasteiger partial charge in [-0.2, -0.15) is 0 Å². The van der Waals surface area contributed by atoms with E-state index in [0.717, 1.165) is 43.9 Å². The molecule has 0 unspecified atom stereocenters. The van der Waals surface area contributed by atoms with Crippen LogP contribution in [-0.4, -0.2) is 34.7 Å². The molecule has 0 atom stereocenters. The van der Waals surface area contributed by atoms with Gasteiger partial charge in [0, 0.05) is 23.7 Å². The zero-order chi connectivity index (χ0) is 14.6. The van der Waals surface area contributed by atoms with Gasteiger partial charge in [0.1, 0.15) is 0 Å². The number of amides is 1. The maximum absolute atomic E-state index is 12.0. The van der Waals surface area contributed by atoms with E-state index in [0.29, 0.717) is 0 Å². The summed E-state index contributed by atoms with van der Waals surface area (Å²) in [6.45, 7) is 6.02. The van der Waals surface area contributed by atoms with Gasteiger partial charge in [-0.05, 0) is 37.1 Å². The van der Waals surface area contributed by atoms with Gasteiger partial charge in [0.05, 0.1) is 0 Å². The monoisotopic (exact) mass is 311 g/mol. The molecule has 0 radical (unpaired) electrons. The van der Waals surface area contributed by atoms with Crippen LogP contribution in [0.3, 0.4) is 0 Å². The molecule has 1 aromatic rings. The molecule has 1 amide bonds. The third-order valence-corrected chi connectivity index (χ3v) is 4.87. The van der Waals surface area contributed by atoms with Crippen molar-refractivity contribution in [3.63, 3.8) is 0 Å². The smallest absolute Gasteiger partial charge is 0.281 e. The summed E-state index contributed by atoms with van der Waals surface area (Å²) in [7, 11) is 0. The number of nitrogens with zero attached hydrogens (tertiary/aromatic N) is 1. The SMILES string of the molecule is CCCN(CCC)C(=O)SCCCSc1ccccc1. The number of hydrogen-bond acceptors (Lipinski definition) is 3. The molecule has 20 heavy (non-hydrogen) atoms. The predicted octanol–water partition coefficient (Wildman–Crippen LogP) is 5.14. The number of carbonyl (C=O) groups is 1. The number of hydrogen-bond donors (Lipinski definition) is 0.